The minimum atomic E-state index is -0.624. The molecule has 0 radical (unpaired) electrons. The van der Waals surface area contributed by atoms with E-state index < -0.39 is 10.8 Å². The molecule has 1 unspecified atom stereocenters. The third-order valence-electron chi connectivity index (χ3n) is 2.79. The maximum Gasteiger partial charge on any atom is 0.283 e. The standard InChI is InChI=1S/C13H18ClN3O3/c1-8(2)6-9(7-15)16-13(18)12-10(14)4-3-5-11(12)17(19)20/h3-5,8-9H,6-7,15H2,1-2H3,(H,16,18). The Morgan fingerprint density at radius 1 is 1.50 bits per heavy atom. The topological polar surface area (TPSA) is 98.3 Å². The fraction of sp³-hybridized carbons (Fsp3) is 0.462. The van der Waals surface area contributed by atoms with Gasteiger partial charge in [0.2, 0.25) is 0 Å². The lowest BCUT2D eigenvalue weighted by atomic mass is 10.0. The summed E-state index contributed by atoms with van der Waals surface area (Å²) >= 11 is 5.90. The van der Waals surface area contributed by atoms with Crippen molar-refractivity contribution in [3.05, 3.63) is 38.9 Å². The van der Waals surface area contributed by atoms with Gasteiger partial charge in [0.1, 0.15) is 5.56 Å². The zero-order valence-electron chi connectivity index (χ0n) is 11.4. The number of carbonyl (C=O) groups is 1. The first kappa shape index (κ1) is 16.4. The molecule has 1 aromatic rings. The summed E-state index contributed by atoms with van der Waals surface area (Å²) in [5, 5.41) is 13.7. The molecule has 0 heterocycles. The summed E-state index contributed by atoms with van der Waals surface area (Å²) in [5.41, 5.74) is 5.17. The van der Waals surface area contributed by atoms with Gasteiger partial charge in [-0.2, -0.15) is 0 Å². The van der Waals surface area contributed by atoms with Gasteiger partial charge in [0, 0.05) is 18.7 Å². The fourth-order valence-electron chi connectivity index (χ4n) is 1.93. The van der Waals surface area contributed by atoms with Crippen molar-refractivity contribution in [2.45, 2.75) is 26.3 Å². The molecule has 1 aromatic carbocycles. The highest BCUT2D eigenvalue weighted by atomic mass is 35.5. The lowest BCUT2D eigenvalue weighted by Crippen LogP contribution is -2.41. The van der Waals surface area contributed by atoms with E-state index in [1.165, 1.54) is 18.2 Å². The Labute approximate surface area is 122 Å². The van der Waals surface area contributed by atoms with Crippen LogP contribution in [-0.4, -0.2) is 23.4 Å². The van der Waals surface area contributed by atoms with E-state index in [4.69, 9.17) is 17.3 Å². The van der Waals surface area contributed by atoms with Crippen LogP contribution in [0.3, 0.4) is 0 Å². The molecule has 0 spiro atoms. The molecular formula is C13H18ClN3O3. The number of nitrogens with one attached hydrogen (secondary N) is 1. The van der Waals surface area contributed by atoms with Crippen LogP contribution in [0.1, 0.15) is 30.6 Å². The second kappa shape index (κ2) is 7.21. The predicted octanol–water partition coefficient (Wildman–Crippen LogP) is 2.35. The molecule has 0 fully saturated rings. The van der Waals surface area contributed by atoms with Gasteiger partial charge in [-0.05, 0) is 18.4 Å². The first-order valence-electron chi connectivity index (χ1n) is 6.30. The second-order valence-corrected chi connectivity index (χ2v) is 5.33. The number of nitrogens with zero attached hydrogens (tertiary/aromatic N) is 1. The third-order valence-corrected chi connectivity index (χ3v) is 3.11. The molecule has 0 saturated heterocycles. The van der Waals surface area contributed by atoms with Crippen LogP contribution < -0.4 is 11.1 Å². The van der Waals surface area contributed by atoms with E-state index in [1.807, 2.05) is 13.8 Å². The van der Waals surface area contributed by atoms with Crippen LogP contribution in [0.2, 0.25) is 5.02 Å². The molecule has 0 bridgehead atoms. The molecule has 1 atom stereocenters. The van der Waals surface area contributed by atoms with Gasteiger partial charge in [-0.3, -0.25) is 14.9 Å². The quantitative estimate of drug-likeness (QED) is 0.622. The van der Waals surface area contributed by atoms with Crippen LogP contribution in [0.5, 0.6) is 0 Å². The number of benzene rings is 1. The number of hydrogen-bond donors (Lipinski definition) is 2. The number of nitro benzene ring substituents is 1. The van der Waals surface area contributed by atoms with Crippen LogP contribution in [-0.2, 0) is 0 Å². The van der Waals surface area contributed by atoms with Crippen molar-refractivity contribution in [3.63, 3.8) is 0 Å². The molecule has 0 aliphatic rings. The summed E-state index contributed by atoms with van der Waals surface area (Å²) in [5.74, 6) is -0.219. The summed E-state index contributed by atoms with van der Waals surface area (Å²) in [7, 11) is 0. The van der Waals surface area contributed by atoms with Crippen LogP contribution in [0.25, 0.3) is 0 Å². The molecule has 1 rings (SSSR count). The van der Waals surface area contributed by atoms with Gasteiger partial charge in [0.15, 0.2) is 0 Å². The Morgan fingerprint density at radius 3 is 2.65 bits per heavy atom. The Kier molecular flexibility index (Phi) is 5.91. The van der Waals surface area contributed by atoms with Crippen molar-refractivity contribution in [2.24, 2.45) is 11.7 Å². The Hall–Kier alpha value is -1.66. The van der Waals surface area contributed by atoms with E-state index in [0.717, 1.165) is 0 Å². The van der Waals surface area contributed by atoms with Gasteiger partial charge in [0.25, 0.3) is 11.6 Å². The number of nitro groups is 1. The first-order chi connectivity index (χ1) is 9.36. The van der Waals surface area contributed by atoms with E-state index in [-0.39, 0.29) is 28.9 Å². The minimum absolute atomic E-state index is 0.0528. The Balaban J connectivity index is 3.00. The lowest BCUT2D eigenvalue weighted by molar-refractivity contribution is -0.385. The van der Waals surface area contributed by atoms with Gasteiger partial charge < -0.3 is 11.1 Å². The van der Waals surface area contributed by atoms with E-state index in [2.05, 4.69) is 5.32 Å². The zero-order chi connectivity index (χ0) is 15.3. The normalized spacial score (nSPS) is 12.2. The van der Waals surface area contributed by atoms with Gasteiger partial charge >= 0.3 is 0 Å². The number of hydrogen-bond acceptors (Lipinski definition) is 4. The van der Waals surface area contributed by atoms with Gasteiger partial charge in [-0.1, -0.05) is 31.5 Å². The highest BCUT2D eigenvalue weighted by molar-refractivity contribution is 6.34. The molecule has 0 aliphatic heterocycles. The molecule has 6 nitrogen and oxygen atoms in total. The number of rotatable bonds is 6. The third kappa shape index (κ3) is 4.18. The predicted molar refractivity (Wildman–Crippen MR) is 77.9 cm³/mol. The summed E-state index contributed by atoms with van der Waals surface area (Å²) in [6.45, 7) is 4.28. The maximum atomic E-state index is 12.2. The highest BCUT2D eigenvalue weighted by Gasteiger charge is 2.25. The fourth-order valence-corrected chi connectivity index (χ4v) is 2.19. The van der Waals surface area contributed by atoms with Crippen molar-refractivity contribution in [3.8, 4) is 0 Å². The van der Waals surface area contributed by atoms with Gasteiger partial charge in [-0.25, -0.2) is 0 Å². The lowest BCUT2D eigenvalue weighted by Gasteiger charge is -2.19. The largest absolute Gasteiger partial charge is 0.348 e. The first-order valence-corrected chi connectivity index (χ1v) is 6.68. The summed E-state index contributed by atoms with van der Waals surface area (Å²) < 4.78 is 0. The van der Waals surface area contributed by atoms with E-state index in [0.29, 0.717) is 12.3 Å². The molecule has 3 N–H and O–H groups in total. The SMILES string of the molecule is CC(C)CC(CN)NC(=O)c1c(Cl)cccc1[N+](=O)[O-]. The van der Waals surface area contributed by atoms with Crippen molar-refractivity contribution in [2.75, 3.05) is 6.54 Å². The number of nitrogens with two attached hydrogens (primary N) is 1. The molecule has 7 heteroatoms. The molecule has 110 valence electrons. The van der Waals surface area contributed by atoms with Crippen molar-refractivity contribution in [1.82, 2.24) is 5.32 Å². The van der Waals surface area contributed by atoms with Crippen LogP contribution in [0, 0.1) is 16.0 Å². The minimum Gasteiger partial charge on any atom is -0.348 e. The Bertz CT molecular complexity index is 506. The molecule has 1 amide bonds. The average molecular weight is 300 g/mol. The molecule has 0 saturated carbocycles. The zero-order valence-corrected chi connectivity index (χ0v) is 12.2. The molecule has 0 aliphatic carbocycles. The van der Waals surface area contributed by atoms with Gasteiger partial charge in [0.05, 0.1) is 9.95 Å². The van der Waals surface area contributed by atoms with Crippen molar-refractivity contribution >= 4 is 23.2 Å². The van der Waals surface area contributed by atoms with E-state index in [1.54, 1.807) is 0 Å². The smallest absolute Gasteiger partial charge is 0.283 e. The maximum absolute atomic E-state index is 12.2. The Morgan fingerprint density at radius 2 is 2.15 bits per heavy atom. The van der Waals surface area contributed by atoms with Crippen molar-refractivity contribution in [1.29, 1.82) is 0 Å². The molecular weight excluding hydrogens is 282 g/mol. The van der Waals surface area contributed by atoms with Crippen molar-refractivity contribution < 1.29 is 9.72 Å². The number of halogens is 1. The average Bonchev–Trinajstić information content (AvgIpc) is 2.36. The van der Waals surface area contributed by atoms with Crippen LogP contribution >= 0.6 is 11.6 Å². The highest BCUT2D eigenvalue weighted by Crippen LogP contribution is 2.26. The van der Waals surface area contributed by atoms with Crippen LogP contribution in [0.15, 0.2) is 18.2 Å². The van der Waals surface area contributed by atoms with Crippen LogP contribution in [0.4, 0.5) is 5.69 Å². The monoisotopic (exact) mass is 299 g/mol. The number of amides is 1. The summed E-state index contributed by atoms with van der Waals surface area (Å²) in [6.07, 6.45) is 0.695. The number of carbonyl (C=O) groups excluding carboxylic acids is 1. The van der Waals surface area contributed by atoms with Gasteiger partial charge in [-0.15, -0.1) is 0 Å². The molecule has 0 aromatic heterocycles. The molecule has 20 heavy (non-hydrogen) atoms. The second-order valence-electron chi connectivity index (χ2n) is 4.93. The summed E-state index contributed by atoms with van der Waals surface area (Å²) in [6, 6.07) is 3.90. The van der Waals surface area contributed by atoms with E-state index in [9.17, 15) is 14.9 Å². The van der Waals surface area contributed by atoms with E-state index >= 15 is 0 Å². The summed E-state index contributed by atoms with van der Waals surface area (Å²) in [4.78, 5) is 22.5.